The van der Waals surface area contributed by atoms with E-state index >= 15 is 0 Å². The zero-order valence-corrected chi connectivity index (χ0v) is 23.6. The van der Waals surface area contributed by atoms with E-state index in [-0.39, 0.29) is 18.5 Å². The number of halogens is 2. The lowest BCUT2D eigenvalue weighted by Crippen LogP contribution is -2.28. The number of nitrogens with zero attached hydrogens (tertiary/aromatic N) is 1. The smallest absolute Gasteiger partial charge is 0.174 e. The zero-order valence-electron chi connectivity index (χ0n) is 21.5. The highest BCUT2D eigenvalue weighted by Gasteiger charge is 2.37. The van der Waals surface area contributed by atoms with Gasteiger partial charge in [0.15, 0.2) is 11.5 Å². The molecule has 0 bridgehead atoms. The van der Waals surface area contributed by atoms with Crippen molar-refractivity contribution in [3.8, 4) is 11.5 Å². The van der Waals surface area contributed by atoms with Crippen molar-refractivity contribution in [3.63, 3.8) is 0 Å². The van der Waals surface area contributed by atoms with Crippen LogP contribution in [0.4, 0.5) is 15.8 Å². The summed E-state index contributed by atoms with van der Waals surface area (Å²) in [5.74, 6) is 1.86. The van der Waals surface area contributed by atoms with Crippen LogP contribution in [-0.4, -0.2) is 13.3 Å². The van der Waals surface area contributed by atoms with Crippen molar-refractivity contribution in [1.29, 1.82) is 0 Å². The lowest BCUT2D eigenvalue weighted by Gasteiger charge is -2.37. The van der Waals surface area contributed by atoms with Crippen LogP contribution in [0.25, 0.3) is 0 Å². The average Bonchev–Trinajstić information content (AvgIpc) is 3.46. The number of anilines is 1. The maximum absolute atomic E-state index is 14.0. The Hall–Kier alpha value is -3.65. The van der Waals surface area contributed by atoms with Gasteiger partial charge in [0.2, 0.25) is 0 Å². The van der Waals surface area contributed by atoms with Gasteiger partial charge in [0.25, 0.3) is 0 Å². The summed E-state index contributed by atoms with van der Waals surface area (Å²) in [6.07, 6.45) is 7.59. The summed E-state index contributed by atoms with van der Waals surface area (Å²) < 4.78 is 26.4. The number of nitrogens with one attached hydrogen (secondary N) is 1. The van der Waals surface area contributed by atoms with E-state index in [4.69, 9.17) is 14.5 Å². The number of hydrogen-bond donors (Lipinski definition) is 1. The van der Waals surface area contributed by atoms with Crippen LogP contribution in [0.3, 0.4) is 0 Å². The molecule has 1 N–H and O–H groups in total. The van der Waals surface area contributed by atoms with Gasteiger partial charge >= 0.3 is 0 Å². The molecule has 6 rings (SSSR count). The lowest BCUT2D eigenvalue weighted by atomic mass is 9.77. The second-order valence-corrected chi connectivity index (χ2v) is 11.0. The molecule has 4 aromatic rings. The van der Waals surface area contributed by atoms with E-state index in [2.05, 4.69) is 88.6 Å². The summed E-state index contributed by atoms with van der Waals surface area (Å²) in [5.41, 5.74) is 6.16. The second-order valence-electron chi connectivity index (χ2n) is 9.83. The van der Waals surface area contributed by atoms with Crippen LogP contribution in [-0.2, 0) is 6.61 Å². The Morgan fingerprint density at radius 3 is 2.64 bits per heavy atom. The van der Waals surface area contributed by atoms with Gasteiger partial charge in [-0.2, -0.15) is 0 Å². The molecule has 1 aliphatic carbocycles. The maximum Gasteiger partial charge on any atom is 0.174 e. The first-order valence-corrected chi connectivity index (χ1v) is 14.1. The fourth-order valence-corrected chi connectivity index (χ4v) is 6.29. The molecule has 4 aromatic carbocycles. The predicted molar refractivity (Wildman–Crippen MR) is 163 cm³/mol. The van der Waals surface area contributed by atoms with Crippen molar-refractivity contribution in [2.24, 2.45) is 10.9 Å². The number of para-hydroxylation sites is 1. The highest BCUT2D eigenvalue weighted by atomic mass is 127. The summed E-state index contributed by atoms with van der Waals surface area (Å²) >= 11 is 2.21. The van der Waals surface area contributed by atoms with E-state index in [1.54, 1.807) is 25.3 Å². The summed E-state index contributed by atoms with van der Waals surface area (Å²) in [6, 6.07) is 27.9. The van der Waals surface area contributed by atoms with Gasteiger partial charge < -0.3 is 14.8 Å². The summed E-state index contributed by atoms with van der Waals surface area (Å²) in [5, 5.41) is 3.78. The molecule has 4 nitrogen and oxygen atoms in total. The number of rotatable bonds is 7. The number of fused-ring (bicyclic) bond motifs is 3. The maximum atomic E-state index is 14.0. The van der Waals surface area contributed by atoms with E-state index < -0.39 is 0 Å². The third-order valence-corrected chi connectivity index (χ3v) is 8.27. The summed E-state index contributed by atoms with van der Waals surface area (Å²) in [7, 11) is 1.60. The van der Waals surface area contributed by atoms with Gasteiger partial charge in [0.1, 0.15) is 12.4 Å². The van der Waals surface area contributed by atoms with E-state index in [0.717, 1.165) is 21.2 Å². The van der Waals surface area contributed by atoms with Gasteiger partial charge in [-0.05, 0) is 88.0 Å². The van der Waals surface area contributed by atoms with Gasteiger partial charge in [-0.1, -0.05) is 60.7 Å². The lowest BCUT2D eigenvalue weighted by molar-refractivity contribution is 0.277. The minimum Gasteiger partial charge on any atom is -0.493 e. The minimum atomic E-state index is -0.287. The third-order valence-electron chi connectivity index (χ3n) is 7.47. The second kappa shape index (κ2) is 11.2. The topological polar surface area (TPSA) is 42.8 Å². The molecule has 3 atom stereocenters. The van der Waals surface area contributed by atoms with Crippen LogP contribution < -0.4 is 14.8 Å². The number of hydrogen-bond acceptors (Lipinski definition) is 4. The van der Waals surface area contributed by atoms with Gasteiger partial charge in [0.05, 0.1) is 22.4 Å². The fraction of sp³-hybridized carbons (Fsp3) is 0.182. The van der Waals surface area contributed by atoms with Crippen molar-refractivity contribution >= 4 is 40.2 Å². The Morgan fingerprint density at radius 2 is 1.82 bits per heavy atom. The number of benzene rings is 4. The Balaban J connectivity index is 1.17. The molecule has 0 spiro atoms. The molecule has 2 aliphatic rings. The standard InChI is InChI=1S/C33H28FIN2O2/c1-38-31-18-21(17-29(35)33(31)39-20-23-7-2-4-11-28(23)34)19-36-24-15-13-22(14-16-24)32-27-10-6-9-25(27)26-8-3-5-12-30(26)37-32/h2-9,11-19,25,27,32,37H,10,20H2,1H3/t25-,27-,32-/m0/s1. The molecule has 1 aliphatic heterocycles. The molecular weight excluding hydrogens is 602 g/mol. The van der Waals surface area contributed by atoms with Crippen LogP contribution in [0.1, 0.15) is 40.6 Å². The first-order chi connectivity index (χ1) is 19.1. The highest BCUT2D eigenvalue weighted by molar-refractivity contribution is 14.1. The Morgan fingerprint density at radius 1 is 1.03 bits per heavy atom. The van der Waals surface area contributed by atoms with Crippen molar-refractivity contribution in [1.82, 2.24) is 0 Å². The van der Waals surface area contributed by atoms with Crippen LogP contribution in [0.2, 0.25) is 0 Å². The minimum absolute atomic E-state index is 0.123. The predicted octanol–water partition coefficient (Wildman–Crippen LogP) is 8.60. The molecule has 0 amide bonds. The van der Waals surface area contributed by atoms with Crippen molar-refractivity contribution in [2.75, 3.05) is 12.4 Å². The zero-order chi connectivity index (χ0) is 26.8. The van der Waals surface area contributed by atoms with Gasteiger partial charge in [-0.15, -0.1) is 0 Å². The Kier molecular flexibility index (Phi) is 7.37. The Labute approximate surface area is 241 Å². The average molecular weight is 631 g/mol. The first-order valence-electron chi connectivity index (χ1n) is 13.0. The van der Waals surface area contributed by atoms with Gasteiger partial charge in [-0.25, -0.2) is 4.39 Å². The highest BCUT2D eigenvalue weighted by Crippen LogP contribution is 2.49. The monoisotopic (exact) mass is 630 g/mol. The molecule has 0 saturated carbocycles. The number of allylic oxidation sites excluding steroid dienone is 2. The molecule has 0 radical (unpaired) electrons. The SMILES string of the molecule is COc1cc(C=Nc2ccc([C@@H]3Nc4ccccc4[C@@H]4C=CC[C@@H]43)cc2)cc(I)c1OCc1ccccc1F. The fourth-order valence-electron chi connectivity index (χ4n) is 5.51. The van der Waals surface area contributed by atoms with Crippen LogP contribution in [0.15, 0.2) is 102 Å². The molecule has 0 unspecified atom stereocenters. The van der Waals surface area contributed by atoms with Crippen LogP contribution in [0, 0.1) is 15.3 Å². The van der Waals surface area contributed by atoms with E-state index in [9.17, 15) is 4.39 Å². The van der Waals surface area contributed by atoms with Gasteiger partial charge in [0, 0.05) is 23.4 Å². The molecule has 1 heterocycles. The van der Waals surface area contributed by atoms with Crippen molar-refractivity contribution in [2.45, 2.75) is 25.0 Å². The molecule has 6 heteroatoms. The largest absolute Gasteiger partial charge is 0.493 e. The Bertz CT molecular complexity index is 1550. The van der Waals surface area contributed by atoms with E-state index in [1.807, 2.05) is 18.3 Å². The summed E-state index contributed by atoms with van der Waals surface area (Å²) in [6.45, 7) is 0.123. The third kappa shape index (κ3) is 5.30. The molecule has 0 saturated heterocycles. The number of aliphatic imine (C=N–C) groups is 1. The van der Waals surface area contributed by atoms with Crippen molar-refractivity contribution < 1.29 is 13.9 Å². The molecular formula is C33H28FIN2O2. The van der Waals surface area contributed by atoms with E-state index in [1.165, 1.54) is 22.9 Å². The molecule has 0 aromatic heterocycles. The molecule has 196 valence electrons. The number of ether oxygens (including phenoxy) is 2. The molecule has 0 fully saturated rings. The summed E-state index contributed by atoms with van der Waals surface area (Å²) in [4.78, 5) is 4.71. The van der Waals surface area contributed by atoms with Crippen LogP contribution >= 0.6 is 22.6 Å². The quantitative estimate of drug-likeness (QED) is 0.126. The number of methoxy groups -OCH3 is 1. The van der Waals surface area contributed by atoms with Gasteiger partial charge in [-0.3, -0.25) is 4.99 Å². The molecule has 39 heavy (non-hydrogen) atoms. The van der Waals surface area contributed by atoms with E-state index in [0.29, 0.717) is 28.9 Å². The first kappa shape index (κ1) is 25.6. The van der Waals surface area contributed by atoms with Crippen LogP contribution in [0.5, 0.6) is 11.5 Å². The normalized spacial score (nSPS) is 19.4. The van der Waals surface area contributed by atoms with Crippen molar-refractivity contribution in [3.05, 3.63) is 129 Å².